The van der Waals surface area contributed by atoms with Crippen LogP contribution >= 0.6 is 0 Å². The minimum atomic E-state index is -4.48. The maximum absolute atomic E-state index is 12.3. The summed E-state index contributed by atoms with van der Waals surface area (Å²) in [6.45, 7) is 0.0824. The molecular weight excluding hydrogens is 389 g/mol. The molecule has 1 aromatic heterocycles. The first-order valence-corrected chi connectivity index (χ1v) is 8.66. The molecule has 1 amide bonds. The van der Waals surface area contributed by atoms with Crippen molar-refractivity contribution >= 4 is 12.0 Å². The number of hydrogen-bond donors (Lipinski definition) is 1. The van der Waals surface area contributed by atoms with Gasteiger partial charge >= 0.3 is 6.18 Å². The minimum absolute atomic E-state index is 0.0550. The number of carbonyl (C=O) groups is 1. The van der Waals surface area contributed by atoms with E-state index < -0.39 is 18.7 Å². The molecule has 0 spiro atoms. The first-order chi connectivity index (χ1) is 13.8. The van der Waals surface area contributed by atoms with Gasteiger partial charge in [-0.05, 0) is 30.7 Å². The highest BCUT2D eigenvalue weighted by molar-refractivity contribution is 5.77. The maximum atomic E-state index is 12.3. The molecule has 1 heterocycles. The van der Waals surface area contributed by atoms with E-state index in [1.165, 1.54) is 25.4 Å². The van der Waals surface area contributed by atoms with Gasteiger partial charge in [0.2, 0.25) is 5.88 Å². The Bertz CT molecular complexity index is 854. The molecule has 0 radical (unpaired) electrons. The molecule has 0 atom stereocenters. The fourth-order valence-electron chi connectivity index (χ4n) is 2.33. The molecule has 0 saturated carbocycles. The molecule has 6 nitrogen and oxygen atoms in total. The zero-order valence-corrected chi connectivity index (χ0v) is 16.0. The van der Waals surface area contributed by atoms with Gasteiger partial charge in [0, 0.05) is 18.3 Å². The van der Waals surface area contributed by atoms with E-state index in [0.717, 1.165) is 5.56 Å². The lowest BCUT2D eigenvalue weighted by Crippen LogP contribution is -2.29. The van der Waals surface area contributed by atoms with Crippen LogP contribution in [0, 0.1) is 0 Å². The molecule has 0 unspecified atom stereocenters. The Kier molecular flexibility index (Phi) is 7.88. The highest BCUT2D eigenvalue weighted by atomic mass is 19.4. The summed E-state index contributed by atoms with van der Waals surface area (Å²) >= 11 is 0. The molecule has 2 aromatic rings. The molecule has 0 aliphatic heterocycles. The Balaban J connectivity index is 1.91. The number of rotatable bonds is 9. The maximum Gasteiger partial charge on any atom is 0.422 e. The van der Waals surface area contributed by atoms with E-state index in [0.29, 0.717) is 17.1 Å². The molecule has 9 heteroatoms. The Hall–Kier alpha value is -3.23. The minimum Gasteiger partial charge on any atom is -0.493 e. The highest BCUT2D eigenvalue weighted by Crippen LogP contribution is 2.28. The molecule has 1 N–H and O–H groups in total. The van der Waals surface area contributed by atoms with Crippen LogP contribution in [0.15, 0.2) is 42.6 Å². The summed E-state index contributed by atoms with van der Waals surface area (Å²) in [4.78, 5) is 15.8. The average molecular weight is 410 g/mol. The lowest BCUT2D eigenvalue weighted by molar-refractivity contribution is -0.154. The Morgan fingerprint density at radius 3 is 2.69 bits per heavy atom. The smallest absolute Gasteiger partial charge is 0.422 e. The van der Waals surface area contributed by atoms with E-state index in [2.05, 4.69) is 15.0 Å². The van der Waals surface area contributed by atoms with Crippen LogP contribution in [0.2, 0.25) is 0 Å². The van der Waals surface area contributed by atoms with Crippen molar-refractivity contribution in [3.8, 4) is 17.4 Å². The highest BCUT2D eigenvalue weighted by Gasteiger charge is 2.29. The number of methoxy groups -OCH3 is 1. The zero-order chi connectivity index (χ0) is 21.3. The Morgan fingerprint density at radius 1 is 1.21 bits per heavy atom. The van der Waals surface area contributed by atoms with E-state index >= 15 is 0 Å². The van der Waals surface area contributed by atoms with Crippen LogP contribution in [-0.2, 0) is 11.3 Å². The molecule has 0 fully saturated rings. The number of benzene rings is 1. The van der Waals surface area contributed by atoms with Gasteiger partial charge in [-0.15, -0.1) is 0 Å². The standard InChI is InChI=1S/C20H21F3N2O4/c1-3-5-14-7-8-16(17(10-14)27-2)28-12-18(26)25-11-15-6-4-9-24-19(15)29-13-20(21,22)23/h3-10H,11-13H2,1-2H3,(H,25,26)/b5-3+. The van der Waals surface area contributed by atoms with Crippen LogP contribution in [0.25, 0.3) is 6.08 Å². The van der Waals surface area contributed by atoms with Crippen molar-refractivity contribution in [2.75, 3.05) is 20.3 Å². The van der Waals surface area contributed by atoms with Crippen molar-refractivity contribution in [3.63, 3.8) is 0 Å². The van der Waals surface area contributed by atoms with Crippen molar-refractivity contribution < 1.29 is 32.2 Å². The number of nitrogens with zero attached hydrogens (tertiary/aromatic N) is 1. The third-order valence-electron chi connectivity index (χ3n) is 3.60. The lowest BCUT2D eigenvalue weighted by Gasteiger charge is -2.13. The number of ether oxygens (including phenoxy) is 3. The molecule has 0 aliphatic carbocycles. The monoisotopic (exact) mass is 410 g/mol. The second kappa shape index (κ2) is 10.4. The van der Waals surface area contributed by atoms with Gasteiger partial charge in [-0.2, -0.15) is 13.2 Å². The first kappa shape index (κ1) is 22.1. The first-order valence-electron chi connectivity index (χ1n) is 8.66. The Morgan fingerprint density at radius 2 is 2.00 bits per heavy atom. The fourth-order valence-corrected chi connectivity index (χ4v) is 2.33. The van der Waals surface area contributed by atoms with Gasteiger partial charge in [-0.3, -0.25) is 4.79 Å². The van der Waals surface area contributed by atoms with Crippen LogP contribution in [0.4, 0.5) is 13.2 Å². The van der Waals surface area contributed by atoms with Crippen molar-refractivity contribution in [1.29, 1.82) is 0 Å². The van der Waals surface area contributed by atoms with Crippen LogP contribution in [0.1, 0.15) is 18.1 Å². The largest absolute Gasteiger partial charge is 0.493 e. The summed E-state index contributed by atoms with van der Waals surface area (Å²) in [6.07, 6.45) is 0.608. The number of amides is 1. The topological polar surface area (TPSA) is 69.7 Å². The molecule has 2 rings (SSSR count). The van der Waals surface area contributed by atoms with Gasteiger partial charge in [-0.1, -0.05) is 24.3 Å². The van der Waals surface area contributed by atoms with Crippen molar-refractivity contribution in [2.45, 2.75) is 19.6 Å². The molecule has 0 aliphatic rings. The molecule has 0 saturated heterocycles. The zero-order valence-electron chi connectivity index (χ0n) is 16.0. The quantitative estimate of drug-likeness (QED) is 0.682. The average Bonchev–Trinajstić information content (AvgIpc) is 2.69. The van der Waals surface area contributed by atoms with Crippen LogP contribution < -0.4 is 19.5 Å². The summed E-state index contributed by atoms with van der Waals surface area (Å²) in [7, 11) is 1.49. The summed E-state index contributed by atoms with van der Waals surface area (Å²) in [6, 6.07) is 8.33. The number of hydrogen-bond acceptors (Lipinski definition) is 5. The van der Waals surface area contributed by atoms with Gasteiger partial charge in [0.15, 0.2) is 24.7 Å². The summed E-state index contributed by atoms with van der Waals surface area (Å²) in [5.74, 6) is 0.220. The van der Waals surface area contributed by atoms with E-state index in [1.54, 1.807) is 12.1 Å². The molecule has 29 heavy (non-hydrogen) atoms. The van der Waals surface area contributed by atoms with Gasteiger partial charge in [0.1, 0.15) is 0 Å². The third kappa shape index (κ3) is 7.36. The van der Waals surface area contributed by atoms with E-state index in [9.17, 15) is 18.0 Å². The SMILES string of the molecule is C/C=C/c1ccc(OCC(=O)NCc2cccnc2OCC(F)(F)F)c(OC)c1. The number of allylic oxidation sites excluding steroid dienone is 1. The number of halogens is 3. The number of carbonyl (C=O) groups excluding carboxylic acids is 1. The van der Waals surface area contributed by atoms with Crippen LogP contribution in [-0.4, -0.2) is 37.4 Å². The van der Waals surface area contributed by atoms with Gasteiger partial charge in [-0.25, -0.2) is 4.98 Å². The predicted molar refractivity (Wildman–Crippen MR) is 101 cm³/mol. The number of nitrogens with one attached hydrogen (secondary N) is 1. The van der Waals surface area contributed by atoms with Gasteiger partial charge in [0.25, 0.3) is 5.91 Å². The normalized spacial score (nSPS) is 11.3. The number of pyridine rings is 1. The molecule has 0 bridgehead atoms. The fraction of sp³-hybridized carbons (Fsp3) is 0.300. The third-order valence-corrected chi connectivity index (χ3v) is 3.60. The van der Waals surface area contributed by atoms with E-state index in [1.807, 2.05) is 25.1 Å². The second-order valence-electron chi connectivity index (χ2n) is 5.85. The van der Waals surface area contributed by atoms with E-state index in [4.69, 9.17) is 9.47 Å². The summed E-state index contributed by atoms with van der Waals surface area (Å²) in [5, 5.41) is 2.56. The summed E-state index contributed by atoms with van der Waals surface area (Å²) in [5.41, 5.74) is 1.24. The van der Waals surface area contributed by atoms with Crippen LogP contribution in [0.5, 0.6) is 17.4 Å². The summed E-state index contributed by atoms with van der Waals surface area (Å²) < 4.78 is 52.4. The molecule has 1 aromatic carbocycles. The van der Waals surface area contributed by atoms with Crippen LogP contribution in [0.3, 0.4) is 0 Å². The van der Waals surface area contributed by atoms with Gasteiger partial charge in [0.05, 0.1) is 7.11 Å². The second-order valence-corrected chi connectivity index (χ2v) is 5.85. The van der Waals surface area contributed by atoms with Crippen molar-refractivity contribution in [3.05, 3.63) is 53.7 Å². The lowest BCUT2D eigenvalue weighted by atomic mass is 10.2. The molecular formula is C20H21F3N2O4. The molecule has 156 valence electrons. The van der Waals surface area contributed by atoms with E-state index in [-0.39, 0.29) is 19.0 Å². The van der Waals surface area contributed by atoms with Crippen molar-refractivity contribution in [1.82, 2.24) is 10.3 Å². The van der Waals surface area contributed by atoms with Crippen molar-refractivity contribution in [2.24, 2.45) is 0 Å². The predicted octanol–water partition coefficient (Wildman–Crippen LogP) is 3.76. The number of alkyl halides is 3. The Labute approximate surface area is 166 Å². The van der Waals surface area contributed by atoms with Gasteiger partial charge < -0.3 is 19.5 Å². The number of aromatic nitrogens is 1.